The number of thiophene rings is 1. The molecule has 0 saturated heterocycles. The molecule has 0 spiro atoms. The Labute approximate surface area is 89.1 Å². The molecule has 2 N–H and O–H groups in total. The second-order valence-corrected chi connectivity index (χ2v) is 4.81. The molecule has 0 aliphatic heterocycles. The molecule has 0 atom stereocenters. The Morgan fingerprint density at radius 1 is 1.36 bits per heavy atom. The van der Waals surface area contributed by atoms with Gasteiger partial charge in [-0.1, -0.05) is 0 Å². The topological polar surface area (TPSA) is 35.2 Å². The molecule has 2 nitrogen and oxygen atoms in total. The summed E-state index contributed by atoms with van der Waals surface area (Å²) in [7, 11) is 0. The van der Waals surface area contributed by atoms with Gasteiger partial charge >= 0.3 is 0 Å². The van der Waals surface area contributed by atoms with Crippen molar-refractivity contribution in [3.05, 3.63) is 16.5 Å². The summed E-state index contributed by atoms with van der Waals surface area (Å²) in [5.41, 5.74) is 6.93. The van der Waals surface area contributed by atoms with Gasteiger partial charge in [-0.3, -0.25) is 0 Å². The van der Waals surface area contributed by atoms with Crippen LogP contribution in [-0.4, -0.2) is 13.2 Å². The number of hydrogen-bond acceptors (Lipinski definition) is 3. The smallest absolute Gasteiger partial charge is 0.174 e. The highest BCUT2D eigenvalue weighted by atomic mass is 32.1. The Kier molecular flexibility index (Phi) is 3.43. The summed E-state index contributed by atoms with van der Waals surface area (Å²) in [5, 5.41) is 1.09. The normalized spacial score (nSPS) is 15.2. The Morgan fingerprint density at radius 2 is 2.21 bits per heavy atom. The summed E-state index contributed by atoms with van der Waals surface area (Å²) in [4.78, 5) is 1.54. The van der Waals surface area contributed by atoms with Crippen molar-refractivity contribution in [2.24, 2.45) is 5.73 Å². The zero-order chi connectivity index (χ0) is 9.80. The van der Waals surface area contributed by atoms with Crippen LogP contribution in [0.15, 0.2) is 6.07 Å². The third kappa shape index (κ3) is 2.28. The van der Waals surface area contributed by atoms with Crippen molar-refractivity contribution >= 4 is 11.3 Å². The lowest BCUT2D eigenvalue weighted by molar-refractivity contribution is 0.322. The standard InChI is InChI=1S/C11H17NOS/c12-6-3-7-13-11-8-9-4-1-2-5-10(9)14-11/h8H,1-7,12H2. The molecule has 1 heterocycles. The van der Waals surface area contributed by atoms with Crippen molar-refractivity contribution in [2.75, 3.05) is 13.2 Å². The van der Waals surface area contributed by atoms with E-state index in [9.17, 15) is 0 Å². The maximum Gasteiger partial charge on any atom is 0.174 e. The summed E-state index contributed by atoms with van der Waals surface area (Å²) < 4.78 is 5.64. The minimum absolute atomic E-state index is 0.713. The number of hydrogen-bond donors (Lipinski definition) is 1. The van der Waals surface area contributed by atoms with Gasteiger partial charge in [-0.2, -0.15) is 0 Å². The average molecular weight is 211 g/mol. The fraction of sp³-hybridized carbons (Fsp3) is 0.636. The van der Waals surface area contributed by atoms with Crippen molar-refractivity contribution in [3.63, 3.8) is 0 Å². The fourth-order valence-corrected chi connectivity index (χ4v) is 2.92. The van der Waals surface area contributed by atoms with Gasteiger partial charge in [0.05, 0.1) is 6.61 Å². The van der Waals surface area contributed by atoms with Crippen LogP contribution in [0.4, 0.5) is 0 Å². The summed E-state index contributed by atoms with van der Waals surface area (Å²) in [5.74, 6) is 0. The highest BCUT2D eigenvalue weighted by Crippen LogP contribution is 2.34. The van der Waals surface area contributed by atoms with Gasteiger partial charge in [0.15, 0.2) is 5.06 Å². The van der Waals surface area contributed by atoms with Gasteiger partial charge in [-0.25, -0.2) is 0 Å². The molecule has 0 saturated carbocycles. The van der Waals surface area contributed by atoms with Gasteiger partial charge in [0.1, 0.15) is 0 Å². The van der Waals surface area contributed by atoms with E-state index < -0.39 is 0 Å². The Morgan fingerprint density at radius 3 is 3.00 bits per heavy atom. The quantitative estimate of drug-likeness (QED) is 0.776. The maximum absolute atomic E-state index is 5.64. The SMILES string of the molecule is NCCCOc1cc2c(s1)CCCC2. The molecule has 0 bridgehead atoms. The van der Waals surface area contributed by atoms with Crippen molar-refractivity contribution in [3.8, 4) is 5.06 Å². The zero-order valence-electron chi connectivity index (χ0n) is 8.42. The molecule has 2 rings (SSSR count). The summed E-state index contributed by atoms with van der Waals surface area (Å²) in [6.45, 7) is 1.47. The van der Waals surface area contributed by atoms with Crippen LogP contribution in [0.25, 0.3) is 0 Å². The van der Waals surface area contributed by atoms with E-state index in [4.69, 9.17) is 10.5 Å². The monoisotopic (exact) mass is 211 g/mol. The molecule has 14 heavy (non-hydrogen) atoms. The van der Waals surface area contributed by atoms with E-state index in [1.807, 2.05) is 11.3 Å². The fourth-order valence-electron chi connectivity index (χ4n) is 1.79. The third-order valence-electron chi connectivity index (χ3n) is 2.57. The molecule has 1 aliphatic rings. The molecule has 1 aromatic heterocycles. The van der Waals surface area contributed by atoms with Crippen molar-refractivity contribution in [2.45, 2.75) is 32.1 Å². The van der Waals surface area contributed by atoms with E-state index in [1.54, 1.807) is 4.88 Å². The number of ether oxygens (including phenoxy) is 1. The zero-order valence-corrected chi connectivity index (χ0v) is 9.24. The predicted octanol–water partition coefficient (Wildman–Crippen LogP) is 2.35. The largest absolute Gasteiger partial charge is 0.484 e. The molecule has 0 unspecified atom stereocenters. The lowest BCUT2D eigenvalue weighted by Crippen LogP contribution is -2.05. The van der Waals surface area contributed by atoms with Gasteiger partial charge in [0.2, 0.25) is 0 Å². The Hall–Kier alpha value is -0.540. The van der Waals surface area contributed by atoms with Crippen LogP contribution in [0.5, 0.6) is 5.06 Å². The van der Waals surface area contributed by atoms with Crippen LogP contribution in [-0.2, 0) is 12.8 Å². The predicted molar refractivity (Wildman–Crippen MR) is 60.1 cm³/mol. The van der Waals surface area contributed by atoms with E-state index in [1.165, 1.54) is 31.2 Å². The van der Waals surface area contributed by atoms with Crippen LogP contribution in [0.3, 0.4) is 0 Å². The van der Waals surface area contributed by atoms with Gasteiger partial charge in [0, 0.05) is 4.88 Å². The minimum Gasteiger partial charge on any atom is -0.484 e. The van der Waals surface area contributed by atoms with Crippen LogP contribution in [0.1, 0.15) is 29.7 Å². The van der Waals surface area contributed by atoms with Gasteiger partial charge in [-0.15, -0.1) is 11.3 Å². The Balaban J connectivity index is 1.94. The molecular weight excluding hydrogens is 194 g/mol. The van der Waals surface area contributed by atoms with Crippen molar-refractivity contribution < 1.29 is 4.74 Å². The summed E-state index contributed by atoms with van der Waals surface area (Å²) in [6, 6.07) is 2.22. The van der Waals surface area contributed by atoms with Crippen LogP contribution in [0.2, 0.25) is 0 Å². The van der Waals surface area contributed by atoms with Crippen molar-refractivity contribution in [1.82, 2.24) is 0 Å². The summed E-state index contributed by atoms with van der Waals surface area (Å²) >= 11 is 1.82. The van der Waals surface area contributed by atoms with E-state index in [2.05, 4.69) is 6.07 Å². The second-order valence-electron chi connectivity index (χ2n) is 3.71. The molecule has 3 heteroatoms. The van der Waals surface area contributed by atoms with E-state index in [0.29, 0.717) is 6.54 Å². The molecule has 1 aliphatic carbocycles. The first kappa shape index (κ1) is 9.99. The highest BCUT2D eigenvalue weighted by molar-refractivity contribution is 7.14. The number of nitrogens with two attached hydrogens (primary N) is 1. The van der Waals surface area contributed by atoms with Crippen LogP contribution in [0, 0.1) is 0 Å². The van der Waals surface area contributed by atoms with Crippen molar-refractivity contribution in [1.29, 1.82) is 0 Å². The molecule has 0 aromatic carbocycles. The minimum atomic E-state index is 0.713. The molecule has 0 radical (unpaired) electrons. The first-order valence-electron chi connectivity index (χ1n) is 5.34. The summed E-state index contributed by atoms with van der Waals surface area (Å²) in [6.07, 6.45) is 6.12. The Bertz CT molecular complexity index is 272. The number of fused-ring (bicyclic) bond motifs is 1. The third-order valence-corrected chi connectivity index (χ3v) is 3.72. The molecule has 1 aromatic rings. The maximum atomic E-state index is 5.64. The van der Waals surface area contributed by atoms with Crippen LogP contribution >= 0.6 is 11.3 Å². The highest BCUT2D eigenvalue weighted by Gasteiger charge is 2.13. The van der Waals surface area contributed by atoms with Gasteiger partial charge in [0.25, 0.3) is 0 Å². The van der Waals surface area contributed by atoms with Crippen LogP contribution < -0.4 is 10.5 Å². The first-order chi connectivity index (χ1) is 6.90. The lowest BCUT2D eigenvalue weighted by Gasteiger charge is -2.08. The first-order valence-corrected chi connectivity index (χ1v) is 6.16. The second kappa shape index (κ2) is 4.80. The van der Waals surface area contributed by atoms with E-state index >= 15 is 0 Å². The molecule has 0 fully saturated rings. The molecular formula is C11H17NOS. The molecule has 78 valence electrons. The average Bonchev–Trinajstić information content (AvgIpc) is 2.60. The van der Waals surface area contributed by atoms with E-state index in [0.717, 1.165) is 18.1 Å². The van der Waals surface area contributed by atoms with Gasteiger partial charge < -0.3 is 10.5 Å². The molecule has 0 amide bonds. The van der Waals surface area contributed by atoms with Gasteiger partial charge in [-0.05, 0) is 50.3 Å². The van der Waals surface area contributed by atoms with E-state index in [-0.39, 0.29) is 0 Å². The number of aryl methyl sites for hydroxylation is 2. The number of rotatable bonds is 4. The lowest BCUT2D eigenvalue weighted by atomic mass is 10.00.